The molecule has 0 spiro atoms. The minimum Gasteiger partial charge on any atom is -0.497 e. The highest BCUT2D eigenvalue weighted by molar-refractivity contribution is 5.90. The first-order valence-corrected chi connectivity index (χ1v) is 10.5. The van der Waals surface area contributed by atoms with Gasteiger partial charge in [-0.1, -0.05) is 12.1 Å². The summed E-state index contributed by atoms with van der Waals surface area (Å²) >= 11 is 0. The Labute approximate surface area is 186 Å². The first kappa shape index (κ1) is 21.5. The van der Waals surface area contributed by atoms with E-state index in [4.69, 9.17) is 9.47 Å². The van der Waals surface area contributed by atoms with Crippen LogP contribution in [0.5, 0.6) is 11.5 Å². The fraction of sp³-hybridized carbons (Fsp3) is 0.348. The molecule has 9 heteroatoms. The average Bonchev–Trinajstić information content (AvgIpc) is 2.81. The number of benzene rings is 2. The van der Waals surface area contributed by atoms with Crippen LogP contribution in [0.2, 0.25) is 0 Å². The largest absolute Gasteiger partial charge is 0.497 e. The van der Waals surface area contributed by atoms with E-state index in [-0.39, 0.29) is 17.6 Å². The number of para-hydroxylation sites is 2. The lowest BCUT2D eigenvalue weighted by molar-refractivity contribution is 0.246. The monoisotopic (exact) mass is 437 g/mol. The Morgan fingerprint density at radius 1 is 1.06 bits per heavy atom. The van der Waals surface area contributed by atoms with E-state index in [0.29, 0.717) is 48.9 Å². The Morgan fingerprint density at radius 2 is 1.72 bits per heavy atom. The molecule has 0 radical (unpaired) electrons. The number of amides is 2. The molecular formula is C23H27N5O4. The van der Waals surface area contributed by atoms with Crippen LogP contribution in [0.25, 0.3) is 11.0 Å². The second kappa shape index (κ2) is 9.17. The van der Waals surface area contributed by atoms with E-state index in [2.05, 4.69) is 15.6 Å². The maximum atomic E-state index is 12.8. The number of nitrogens with one attached hydrogen (secondary N) is 2. The molecule has 0 unspecified atom stereocenters. The number of aryl methyl sites for hydroxylation is 1. The molecule has 9 nitrogen and oxygen atoms in total. The molecule has 2 aromatic carbocycles. The van der Waals surface area contributed by atoms with Gasteiger partial charge in [0.1, 0.15) is 11.5 Å². The van der Waals surface area contributed by atoms with E-state index in [0.717, 1.165) is 11.0 Å². The zero-order valence-electron chi connectivity index (χ0n) is 18.4. The number of hydrogen-bond acceptors (Lipinski definition) is 6. The van der Waals surface area contributed by atoms with Crippen LogP contribution in [0.15, 0.2) is 47.3 Å². The van der Waals surface area contributed by atoms with Gasteiger partial charge in [-0.25, -0.2) is 9.78 Å². The van der Waals surface area contributed by atoms with E-state index < -0.39 is 0 Å². The van der Waals surface area contributed by atoms with Crippen LogP contribution in [0.4, 0.5) is 16.3 Å². The quantitative estimate of drug-likeness (QED) is 0.637. The van der Waals surface area contributed by atoms with Crippen LogP contribution in [0.1, 0.15) is 12.8 Å². The van der Waals surface area contributed by atoms with Crippen molar-refractivity contribution in [1.29, 1.82) is 0 Å². The highest BCUT2D eigenvalue weighted by Gasteiger charge is 2.24. The number of aromatic nitrogens is 2. The van der Waals surface area contributed by atoms with Gasteiger partial charge in [-0.15, -0.1) is 0 Å². The maximum Gasteiger partial charge on any atom is 0.319 e. The summed E-state index contributed by atoms with van der Waals surface area (Å²) in [5.74, 6) is 1.65. The average molecular weight is 438 g/mol. The third-order valence-corrected chi connectivity index (χ3v) is 5.70. The van der Waals surface area contributed by atoms with E-state index in [1.165, 1.54) is 0 Å². The van der Waals surface area contributed by atoms with Crippen LogP contribution in [-0.2, 0) is 7.05 Å². The normalized spacial score (nSPS) is 14.3. The van der Waals surface area contributed by atoms with Gasteiger partial charge >= 0.3 is 6.03 Å². The summed E-state index contributed by atoms with van der Waals surface area (Å²) < 4.78 is 12.1. The molecule has 168 valence electrons. The molecule has 0 saturated carbocycles. The van der Waals surface area contributed by atoms with Crippen molar-refractivity contribution >= 4 is 28.6 Å². The van der Waals surface area contributed by atoms with Gasteiger partial charge < -0.3 is 29.6 Å². The molecule has 1 aliphatic rings. The number of piperidine rings is 1. The number of nitrogens with zero attached hydrogens (tertiary/aromatic N) is 3. The van der Waals surface area contributed by atoms with E-state index in [1.54, 1.807) is 44.0 Å². The molecule has 1 aliphatic heterocycles. The summed E-state index contributed by atoms with van der Waals surface area (Å²) in [5.41, 5.74) is 2.07. The van der Waals surface area contributed by atoms with Crippen molar-refractivity contribution in [2.24, 2.45) is 7.05 Å². The van der Waals surface area contributed by atoms with E-state index in [9.17, 15) is 9.59 Å². The van der Waals surface area contributed by atoms with Crippen LogP contribution in [0.3, 0.4) is 0 Å². The molecule has 3 aromatic rings. The predicted molar refractivity (Wildman–Crippen MR) is 124 cm³/mol. The zero-order valence-corrected chi connectivity index (χ0v) is 18.4. The first-order chi connectivity index (χ1) is 15.5. The Kier molecular flexibility index (Phi) is 6.16. The third-order valence-electron chi connectivity index (χ3n) is 5.70. The molecule has 1 saturated heterocycles. The van der Waals surface area contributed by atoms with Crippen LogP contribution in [-0.4, -0.2) is 48.9 Å². The molecule has 2 heterocycles. The number of hydrogen-bond donors (Lipinski definition) is 2. The van der Waals surface area contributed by atoms with Gasteiger partial charge in [-0.2, -0.15) is 0 Å². The van der Waals surface area contributed by atoms with Gasteiger partial charge in [0.15, 0.2) is 5.82 Å². The fourth-order valence-electron chi connectivity index (χ4n) is 3.94. The molecule has 2 amide bonds. The van der Waals surface area contributed by atoms with Crippen molar-refractivity contribution in [2.75, 3.05) is 37.5 Å². The summed E-state index contributed by atoms with van der Waals surface area (Å²) in [7, 11) is 4.89. The number of carbonyl (C=O) groups excluding carboxylic acids is 1. The Hall–Kier alpha value is -3.75. The summed E-state index contributed by atoms with van der Waals surface area (Å²) in [4.78, 5) is 31.9. The summed E-state index contributed by atoms with van der Waals surface area (Å²) in [6.45, 7) is 1.27. The second-order valence-corrected chi connectivity index (χ2v) is 7.75. The number of anilines is 2. The van der Waals surface area contributed by atoms with Crippen LogP contribution in [0, 0.1) is 0 Å². The molecule has 4 rings (SSSR count). The van der Waals surface area contributed by atoms with Gasteiger partial charge in [0.05, 0.1) is 25.3 Å². The number of fused-ring (bicyclic) bond motifs is 1. The van der Waals surface area contributed by atoms with Crippen LogP contribution < -0.4 is 30.6 Å². The summed E-state index contributed by atoms with van der Waals surface area (Å²) in [6, 6.07) is 12.5. The topological polar surface area (TPSA) is 97.7 Å². The minimum atomic E-state index is -0.293. The third kappa shape index (κ3) is 4.46. The molecule has 0 aliphatic carbocycles. The molecule has 0 atom stereocenters. The Morgan fingerprint density at radius 3 is 2.38 bits per heavy atom. The number of methoxy groups -OCH3 is 2. The van der Waals surface area contributed by atoms with Crippen molar-refractivity contribution in [1.82, 2.24) is 14.9 Å². The molecule has 1 aromatic heterocycles. The van der Waals surface area contributed by atoms with Gasteiger partial charge in [0, 0.05) is 50.1 Å². The highest BCUT2D eigenvalue weighted by Crippen LogP contribution is 2.26. The Balaban J connectivity index is 1.38. The first-order valence-electron chi connectivity index (χ1n) is 10.5. The fourth-order valence-corrected chi connectivity index (χ4v) is 3.94. The van der Waals surface area contributed by atoms with Gasteiger partial charge in [-0.3, -0.25) is 4.79 Å². The number of urea groups is 1. The molecule has 1 fully saturated rings. The molecular weight excluding hydrogens is 410 g/mol. The SMILES string of the molecule is COc1cc(NC(=O)NC2CCN(c3nc4ccccc4n(C)c3=O)CC2)cc(OC)c1. The smallest absolute Gasteiger partial charge is 0.319 e. The second-order valence-electron chi connectivity index (χ2n) is 7.75. The van der Waals surface area contributed by atoms with Crippen molar-refractivity contribution in [3.8, 4) is 11.5 Å². The van der Waals surface area contributed by atoms with E-state index in [1.807, 2.05) is 29.2 Å². The zero-order chi connectivity index (χ0) is 22.7. The molecule has 32 heavy (non-hydrogen) atoms. The Bertz CT molecular complexity index is 1160. The molecule has 2 N–H and O–H groups in total. The molecule has 0 bridgehead atoms. The number of ether oxygens (including phenoxy) is 2. The van der Waals surface area contributed by atoms with Gasteiger partial charge in [0.2, 0.25) is 0 Å². The summed E-state index contributed by atoms with van der Waals surface area (Å²) in [5, 5.41) is 5.84. The van der Waals surface area contributed by atoms with Crippen LogP contribution >= 0.6 is 0 Å². The van der Waals surface area contributed by atoms with Crippen molar-refractivity contribution < 1.29 is 14.3 Å². The lowest BCUT2D eigenvalue weighted by atomic mass is 10.1. The van der Waals surface area contributed by atoms with Gasteiger partial charge in [0.25, 0.3) is 5.56 Å². The number of rotatable bonds is 5. The highest BCUT2D eigenvalue weighted by atomic mass is 16.5. The van der Waals surface area contributed by atoms with Crippen molar-refractivity contribution in [3.05, 3.63) is 52.8 Å². The van der Waals surface area contributed by atoms with E-state index >= 15 is 0 Å². The standard InChI is InChI=1S/C23H27N5O4/c1-27-20-7-5-4-6-19(20)26-21(22(27)29)28-10-8-15(9-11-28)24-23(30)25-16-12-17(31-2)14-18(13-16)32-3/h4-7,12-15H,8-11H2,1-3H3,(H2,24,25,30). The number of carbonyl (C=O) groups is 1. The maximum absolute atomic E-state index is 12.8. The predicted octanol–water partition coefficient (Wildman–Crippen LogP) is 2.74. The van der Waals surface area contributed by atoms with Crippen molar-refractivity contribution in [2.45, 2.75) is 18.9 Å². The minimum absolute atomic E-state index is 0.00283. The van der Waals surface area contributed by atoms with Crippen molar-refractivity contribution in [3.63, 3.8) is 0 Å². The lowest BCUT2D eigenvalue weighted by Gasteiger charge is -2.33. The lowest BCUT2D eigenvalue weighted by Crippen LogP contribution is -2.47. The van der Waals surface area contributed by atoms with Gasteiger partial charge in [-0.05, 0) is 25.0 Å². The summed E-state index contributed by atoms with van der Waals surface area (Å²) in [6.07, 6.45) is 1.43.